The molecule has 0 unspecified atom stereocenters. The molecule has 9 heteroatoms. The molecule has 0 saturated carbocycles. The maximum atomic E-state index is 14.6. The lowest BCUT2D eigenvalue weighted by Crippen LogP contribution is -2.67. The molecule has 0 aromatic heterocycles. The van der Waals surface area contributed by atoms with E-state index in [0.717, 1.165) is 38.7 Å². The SMILES string of the molecule is CC.Cc1ccc(Nc2c(C(=O)N3CC(O)(CNCCCN4CCCC4)C3)ccc(F)c2F)c(F)c1. The minimum atomic E-state index is -1.26. The van der Waals surface area contributed by atoms with Gasteiger partial charge in [0.1, 0.15) is 11.4 Å². The molecule has 2 saturated heterocycles. The Morgan fingerprint density at radius 3 is 2.42 bits per heavy atom. The van der Waals surface area contributed by atoms with Crippen molar-refractivity contribution < 1.29 is 23.1 Å². The van der Waals surface area contributed by atoms with Crippen molar-refractivity contribution in [3.8, 4) is 0 Å². The molecular formula is C27H37F3N4O2. The van der Waals surface area contributed by atoms with Gasteiger partial charge in [0, 0.05) is 6.54 Å². The van der Waals surface area contributed by atoms with Gasteiger partial charge in [-0.3, -0.25) is 4.79 Å². The van der Waals surface area contributed by atoms with Crippen LogP contribution in [0.2, 0.25) is 0 Å². The molecule has 1 amide bonds. The van der Waals surface area contributed by atoms with Gasteiger partial charge in [0.25, 0.3) is 5.91 Å². The Morgan fingerprint density at radius 2 is 1.75 bits per heavy atom. The van der Waals surface area contributed by atoms with Crippen LogP contribution < -0.4 is 10.6 Å². The molecule has 2 heterocycles. The number of nitrogens with one attached hydrogen (secondary N) is 2. The van der Waals surface area contributed by atoms with Crippen LogP contribution in [0.1, 0.15) is 49.0 Å². The van der Waals surface area contributed by atoms with Gasteiger partial charge in [-0.25, -0.2) is 13.2 Å². The fourth-order valence-corrected chi connectivity index (χ4v) is 4.55. The number of anilines is 2. The van der Waals surface area contributed by atoms with Crippen LogP contribution in [-0.4, -0.2) is 72.2 Å². The number of aryl methyl sites for hydroxylation is 1. The summed E-state index contributed by atoms with van der Waals surface area (Å²) in [6.07, 6.45) is 3.50. The third-order valence-electron chi connectivity index (χ3n) is 6.45. The Labute approximate surface area is 211 Å². The molecule has 2 aromatic carbocycles. The highest BCUT2D eigenvalue weighted by atomic mass is 19.2. The Kier molecular flexibility index (Phi) is 9.76. The van der Waals surface area contributed by atoms with E-state index in [4.69, 9.17) is 0 Å². The highest BCUT2D eigenvalue weighted by Crippen LogP contribution is 2.31. The van der Waals surface area contributed by atoms with Gasteiger partial charge < -0.3 is 25.5 Å². The van der Waals surface area contributed by atoms with Crippen LogP contribution in [-0.2, 0) is 0 Å². The van der Waals surface area contributed by atoms with E-state index in [1.807, 2.05) is 13.8 Å². The lowest BCUT2D eigenvalue weighted by atomic mass is 9.92. The summed E-state index contributed by atoms with van der Waals surface area (Å²) in [5.41, 5.74) is -1.02. The molecule has 0 aliphatic carbocycles. The molecule has 0 atom stereocenters. The van der Waals surface area contributed by atoms with Crippen molar-refractivity contribution in [1.82, 2.24) is 15.1 Å². The summed E-state index contributed by atoms with van der Waals surface area (Å²) >= 11 is 0. The van der Waals surface area contributed by atoms with Crippen LogP contribution in [0.25, 0.3) is 0 Å². The zero-order chi connectivity index (χ0) is 26.3. The van der Waals surface area contributed by atoms with Gasteiger partial charge in [-0.1, -0.05) is 19.9 Å². The molecule has 0 radical (unpaired) electrons. The van der Waals surface area contributed by atoms with Gasteiger partial charge in [0.2, 0.25) is 0 Å². The highest BCUT2D eigenvalue weighted by molar-refractivity contribution is 6.01. The number of carbonyl (C=O) groups is 1. The number of hydrogen-bond donors (Lipinski definition) is 3. The standard InChI is InChI=1S/C25H31F3N4O2.C2H6/c1-17-5-8-21(20(27)13-17)30-23-18(6-7-19(26)22(23)28)24(33)32-15-25(34,16-32)14-29-9-4-12-31-10-2-3-11-31;1-2/h5-8,13,29-30,34H,2-4,9-12,14-16H2,1H3;1-2H3. The molecule has 0 bridgehead atoms. The van der Waals surface area contributed by atoms with Crippen LogP contribution in [0, 0.1) is 24.4 Å². The normalized spacial score (nSPS) is 16.8. The molecule has 36 heavy (non-hydrogen) atoms. The predicted octanol–water partition coefficient (Wildman–Crippen LogP) is 4.44. The average Bonchev–Trinajstić information content (AvgIpc) is 3.36. The number of hydrogen-bond acceptors (Lipinski definition) is 5. The maximum absolute atomic E-state index is 14.6. The quantitative estimate of drug-likeness (QED) is 0.439. The number of rotatable bonds is 9. The van der Waals surface area contributed by atoms with E-state index in [1.165, 1.54) is 35.9 Å². The van der Waals surface area contributed by atoms with Gasteiger partial charge in [-0.15, -0.1) is 0 Å². The molecule has 3 N–H and O–H groups in total. The number of β-amino-alcohol motifs (C(OH)–C–C–N with tert-alkyl or cyclic N) is 1. The molecule has 2 fully saturated rings. The first kappa shape index (κ1) is 28.0. The Bertz CT molecular complexity index is 1040. The average molecular weight is 507 g/mol. The van der Waals surface area contributed by atoms with Gasteiger partial charge in [-0.05, 0) is 82.2 Å². The summed E-state index contributed by atoms with van der Waals surface area (Å²) in [6, 6.07) is 6.32. The number of aliphatic hydroxyl groups is 1. The van der Waals surface area contributed by atoms with Gasteiger partial charge in [0.05, 0.1) is 30.0 Å². The summed E-state index contributed by atoms with van der Waals surface area (Å²) in [6.45, 7) is 10.3. The first-order chi connectivity index (χ1) is 17.3. The third kappa shape index (κ3) is 6.78. The summed E-state index contributed by atoms with van der Waals surface area (Å²) in [4.78, 5) is 16.8. The van der Waals surface area contributed by atoms with Crippen molar-refractivity contribution in [3.05, 3.63) is 58.9 Å². The molecule has 2 aliphatic heterocycles. The first-order valence-corrected chi connectivity index (χ1v) is 12.7. The van der Waals surface area contributed by atoms with E-state index in [1.54, 1.807) is 13.0 Å². The van der Waals surface area contributed by atoms with Gasteiger partial charge >= 0.3 is 0 Å². The number of nitrogens with zero attached hydrogens (tertiary/aromatic N) is 2. The van der Waals surface area contributed by atoms with Crippen LogP contribution in [0.4, 0.5) is 24.5 Å². The zero-order valence-corrected chi connectivity index (χ0v) is 21.3. The number of benzene rings is 2. The fourth-order valence-electron chi connectivity index (χ4n) is 4.55. The van der Waals surface area contributed by atoms with Crippen molar-refractivity contribution >= 4 is 17.3 Å². The Balaban J connectivity index is 0.00000176. The van der Waals surface area contributed by atoms with E-state index < -0.39 is 34.6 Å². The van der Waals surface area contributed by atoms with E-state index in [9.17, 15) is 23.1 Å². The molecule has 2 aliphatic rings. The lowest BCUT2D eigenvalue weighted by Gasteiger charge is -2.46. The highest BCUT2D eigenvalue weighted by Gasteiger charge is 2.44. The van der Waals surface area contributed by atoms with Crippen LogP contribution in [0.5, 0.6) is 0 Å². The summed E-state index contributed by atoms with van der Waals surface area (Å²) < 4.78 is 42.8. The molecule has 198 valence electrons. The van der Waals surface area contributed by atoms with Crippen molar-refractivity contribution in [3.63, 3.8) is 0 Å². The molecule has 6 nitrogen and oxygen atoms in total. The number of amides is 1. The second-order valence-electron chi connectivity index (χ2n) is 9.36. The molecular weight excluding hydrogens is 469 g/mol. The maximum Gasteiger partial charge on any atom is 0.256 e. The van der Waals surface area contributed by atoms with Crippen molar-refractivity contribution in [2.45, 2.75) is 45.6 Å². The number of carbonyl (C=O) groups excluding carboxylic acids is 1. The van der Waals surface area contributed by atoms with E-state index in [2.05, 4.69) is 15.5 Å². The minimum Gasteiger partial charge on any atom is -0.385 e. The van der Waals surface area contributed by atoms with Crippen LogP contribution in [0.3, 0.4) is 0 Å². The predicted molar refractivity (Wildman–Crippen MR) is 136 cm³/mol. The topological polar surface area (TPSA) is 67.8 Å². The Hall–Kier alpha value is -2.62. The van der Waals surface area contributed by atoms with Crippen molar-refractivity contribution in [2.75, 3.05) is 51.1 Å². The Morgan fingerprint density at radius 1 is 1.06 bits per heavy atom. The summed E-state index contributed by atoms with van der Waals surface area (Å²) in [7, 11) is 0. The van der Waals surface area contributed by atoms with Crippen LogP contribution >= 0.6 is 0 Å². The minimum absolute atomic E-state index is 0.0672. The number of likely N-dealkylation sites (tertiary alicyclic amines) is 2. The summed E-state index contributed by atoms with van der Waals surface area (Å²) in [5.74, 6) is -3.62. The van der Waals surface area contributed by atoms with E-state index in [0.29, 0.717) is 12.1 Å². The fraction of sp³-hybridized carbons (Fsp3) is 0.519. The van der Waals surface area contributed by atoms with Crippen LogP contribution in [0.15, 0.2) is 30.3 Å². The molecule has 2 aromatic rings. The number of halogens is 3. The molecule has 4 rings (SSSR count). The summed E-state index contributed by atoms with van der Waals surface area (Å²) in [5, 5.41) is 16.5. The third-order valence-corrected chi connectivity index (χ3v) is 6.45. The zero-order valence-electron chi connectivity index (χ0n) is 21.3. The monoisotopic (exact) mass is 506 g/mol. The second kappa shape index (κ2) is 12.6. The molecule has 0 spiro atoms. The first-order valence-electron chi connectivity index (χ1n) is 12.7. The lowest BCUT2D eigenvalue weighted by molar-refractivity contribution is -0.0784. The van der Waals surface area contributed by atoms with Crippen molar-refractivity contribution in [2.24, 2.45) is 0 Å². The van der Waals surface area contributed by atoms with Gasteiger partial charge in [-0.2, -0.15) is 0 Å². The van der Waals surface area contributed by atoms with Gasteiger partial charge in [0.15, 0.2) is 11.6 Å². The smallest absolute Gasteiger partial charge is 0.256 e. The van der Waals surface area contributed by atoms with Crippen molar-refractivity contribution in [1.29, 1.82) is 0 Å². The second-order valence-corrected chi connectivity index (χ2v) is 9.36. The van der Waals surface area contributed by atoms with E-state index >= 15 is 0 Å². The van der Waals surface area contributed by atoms with E-state index in [-0.39, 0.29) is 24.3 Å². The largest absolute Gasteiger partial charge is 0.385 e.